The molecule has 126 valence electrons. The molecule has 0 bridgehead atoms. The van der Waals surface area contributed by atoms with E-state index in [2.05, 4.69) is 21.2 Å². The van der Waals surface area contributed by atoms with Gasteiger partial charge >= 0.3 is 0 Å². The Morgan fingerprint density at radius 1 is 1.25 bits per heavy atom. The van der Waals surface area contributed by atoms with Crippen molar-refractivity contribution in [1.29, 1.82) is 0 Å². The molecule has 1 aromatic carbocycles. The van der Waals surface area contributed by atoms with E-state index in [1.165, 1.54) is 6.07 Å². The molecule has 0 aromatic heterocycles. The van der Waals surface area contributed by atoms with Gasteiger partial charge in [0.15, 0.2) is 0 Å². The van der Waals surface area contributed by atoms with E-state index in [1.54, 1.807) is 12.1 Å². The molecule has 9 heteroatoms. The number of nitrogens with two attached hydrogens (primary N) is 1. The standard InChI is InChI=1S/C15H14BrN3O5/c16-8-1-2-9-10(3-8)14(23)19(13(9)22)5-12(21)18-15(4-11(17)20)6-24-7-15/h1-3H,4-7H2,(H2,17,20)(H,18,21). The third kappa shape index (κ3) is 2.92. The Morgan fingerprint density at radius 2 is 1.92 bits per heavy atom. The highest BCUT2D eigenvalue weighted by atomic mass is 79.9. The molecule has 0 atom stereocenters. The van der Waals surface area contributed by atoms with E-state index in [1.807, 2.05) is 0 Å². The lowest BCUT2D eigenvalue weighted by molar-refractivity contribution is -0.138. The highest BCUT2D eigenvalue weighted by molar-refractivity contribution is 9.10. The molecule has 0 aliphatic carbocycles. The third-order valence-corrected chi connectivity index (χ3v) is 4.40. The molecule has 3 N–H and O–H groups in total. The Bertz CT molecular complexity index is 759. The van der Waals surface area contributed by atoms with E-state index in [0.717, 1.165) is 4.90 Å². The monoisotopic (exact) mass is 395 g/mol. The van der Waals surface area contributed by atoms with Crippen LogP contribution < -0.4 is 11.1 Å². The summed E-state index contributed by atoms with van der Waals surface area (Å²) in [5, 5.41) is 2.65. The second-order valence-electron chi connectivity index (χ2n) is 5.85. The van der Waals surface area contributed by atoms with Crippen molar-refractivity contribution < 1.29 is 23.9 Å². The summed E-state index contributed by atoms with van der Waals surface area (Å²) < 4.78 is 5.71. The fraction of sp³-hybridized carbons (Fsp3) is 0.333. The number of rotatable bonds is 5. The molecule has 1 saturated heterocycles. The summed E-state index contributed by atoms with van der Waals surface area (Å²) in [7, 11) is 0. The first-order valence-electron chi connectivity index (χ1n) is 7.14. The number of ether oxygens (including phenoxy) is 1. The van der Waals surface area contributed by atoms with Crippen molar-refractivity contribution in [3.8, 4) is 0 Å². The molecule has 2 aliphatic heterocycles. The molecule has 0 radical (unpaired) electrons. The predicted octanol–water partition coefficient (Wildman–Crippen LogP) is -0.194. The van der Waals surface area contributed by atoms with Crippen LogP contribution in [0.25, 0.3) is 0 Å². The molecule has 4 amide bonds. The number of primary amides is 1. The number of halogens is 1. The SMILES string of the molecule is NC(=O)CC1(NC(=O)CN2C(=O)c3ccc(Br)cc3C2=O)COC1. The molecule has 0 spiro atoms. The van der Waals surface area contributed by atoms with Crippen LogP contribution in [-0.4, -0.2) is 53.8 Å². The fourth-order valence-corrected chi connectivity index (χ4v) is 3.15. The molecule has 0 saturated carbocycles. The van der Waals surface area contributed by atoms with Gasteiger partial charge in [0.2, 0.25) is 11.8 Å². The molecule has 8 nitrogen and oxygen atoms in total. The van der Waals surface area contributed by atoms with E-state index >= 15 is 0 Å². The molecular weight excluding hydrogens is 382 g/mol. The maximum Gasteiger partial charge on any atom is 0.262 e. The number of carbonyl (C=O) groups excluding carboxylic acids is 4. The number of nitrogens with one attached hydrogen (secondary N) is 1. The number of hydrogen-bond donors (Lipinski definition) is 2. The van der Waals surface area contributed by atoms with E-state index in [9.17, 15) is 19.2 Å². The second kappa shape index (κ2) is 5.99. The van der Waals surface area contributed by atoms with Crippen LogP contribution in [0.1, 0.15) is 27.1 Å². The van der Waals surface area contributed by atoms with Crippen LogP contribution in [0, 0.1) is 0 Å². The summed E-state index contributed by atoms with van der Waals surface area (Å²) in [6.45, 7) is -0.0992. The van der Waals surface area contributed by atoms with Crippen LogP contribution in [0.15, 0.2) is 22.7 Å². The molecule has 2 heterocycles. The Labute approximate surface area is 145 Å². The molecule has 3 rings (SSSR count). The number of fused-ring (bicyclic) bond motifs is 1. The summed E-state index contributed by atoms with van der Waals surface area (Å²) in [6.07, 6.45) is -0.0617. The maximum absolute atomic E-state index is 12.3. The minimum absolute atomic E-state index is 0.0617. The zero-order valence-electron chi connectivity index (χ0n) is 12.5. The van der Waals surface area contributed by atoms with Gasteiger partial charge in [-0.05, 0) is 18.2 Å². The van der Waals surface area contributed by atoms with E-state index in [0.29, 0.717) is 4.47 Å². The first-order valence-corrected chi connectivity index (χ1v) is 7.93. The first-order chi connectivity index (χ1) is 11.3. The lowest BCUT2D eigenvalue weighted by Crippen LogP contribution is -2.64. The lowest BCUT2D eigenvalue weighted by atomic mass is 9.92. The molecule has 24 heavy (non-hydrogen) atoms. The summed E-state index contributed by atoms with van der Waals surface area (Å²) in [4.78, 5) is 48.8. The van der Waals surface area contributed by atoms with Gasteiger partial charge in [0.1, 0.15) is 6.54 Å². The summed E-state index contributed by atoms with van der Waals surface area (Å²) in [5.74, 6) is -2.16. The minimum atomic E-state index is -0.857. The number of carbonyl (C=O) groups is 4. The van der Waals surface area contributed by atoms with Crippen molar-refractivity contribution in [2.75, 3.05) is 19.8 Å². The van der Waals surface area contributed by atoms with Crippen LogP contribution in [0.2, 0.25) is 0 Å². The summed E-state index contributed by atoms with van der Waals surface area (Å²) >= 11 is 3.24. The van der Waals surface area contributed by atoms with Crippen LogP contribution in [0.5, 0.6) is 0 Å². The zero-order chi connectivity index (χ0) is 17.5. The van der Waals surface area contributed by atoms with Crippen molar-refractivity contribution in [2.24, 2.45) is 5.73 Å². The van der Waals surface area contributed by atoms with Crippen LogP contribution >= 0.6 is 15.9 Å². The molecule has 1 aromatic rings. The largest absolute Gasteiger partial charge is 0.376 e. The number of imide groups is 1. The Hall–Kier alpha value is -2.26. The minimum Gasteiger partial charge on any atom is -0.376 e. The molecule has 1 fully saturated rings. The number of hydrogen-bond acceptors (Lipinski definition) is 5. The Kier molecular flexibility index (Phi) is 4.14. The van der Waals surface area contributed by atoms with Crippen molar-refractivity contribution in [3.05, 3.63) is 33.8 Å². The van der Waals surface area contributed by atoms with Gasteiger partial charge in [-0.1, -0.05) is 15.9 Å². The summed E-state index contributed by atoms with van der Waals surface area (Å²) in [5.41, 5.74) is 4.83. The van der Waals surface area contributed by atoms with Crippen LogP contribution in [0.4, 0.5) is 0 Å². The molecule has 0 unspecified atom stereocenters. The van der Waals surface area contributed by atoms with E-state index in [-0.39, 0.29) is 30.8 Å². The van der Waals surface area contributed by atoms with Crippen molar-refractivity contribution in [2.45, 2.75) is 12.0 Å². The number of nitrogens with zero attached hydrogens (tertiary/aromatic N) is 1. The molecule has 2 aliphatic rings. The molecular formula is C15H14BrN3O5. The third-order valence-electron chi connectivity index (χ3n) is 3.91. The normalized spacial score (nSPS) is 18.1. The van der Waals surface area contributed by atoms with Gasteiger partial charge in [0.25, 0.3) is 11.8 Å². The van der Waals surface area contributed by atoms with Crippen LogP contribution in [-0.2, 0) is 14.3 Å². The topological polar surface area (TPSA) is 119 Å². The van der Waals surface area contributed by atoms with Gasteiger partial charge in [0.05, 0.1) is 36.3 Å². The van der Waals surface area contributed by atoms with E-state index in [4.69, 9.17) is 10.5 Å². The van der Waals surface area contributed by atoms with Gasteiger partial charge < -0.3 is 15.8 Å². The maximum atomic E-state index is 12.3. The van der Waals surface area contributed by atoms with Gasteiger partial charge in [-0.25, -0.2) is 0 Å². The Balaban J connectivity index is 1.70. The van der Waals surface area contributed by atoms with Gasteiger partial charge in [0, 0.05) is 4.47 Å². The summed E-state index contributed by atoms with van der Waals surface area (Å²) in [6, 6.07) is 4.73. The zero-order valence-corrected chi connectivity index (χ0v) is 14.1. The highest BCUT2D eigenvalue weighted by Gasteiger charge is 2.43. The number of amides is 4. The quantitative estimate of drug-likeness (QED) is 0.669. The average molecular weight is 396 g/mol. The van der Waals surface area contributed by atoms with Gasteiger partial charge in [-0.2, -0.15) is 0 Å². The lowest BCUT2D eigenvalue weighted by Gasteiger charge is -2.41. The average Bonchev–Trinajstić information content (AvgIpc) is 2.69. The predicted molar refractivity (Wildman–Crippen MR) is 85.0 cm³/mol. The Morgan fingerprint density at radius 3 is 2.50 bits per heavy atom. The van der Waals surface area contributed by atoms with Gasteiger partial charge in [-0.3, -0.25) is 24.1 Å². The first kappa shape index (κ1) is 16.6. The highest BCUT2D eigenvalue weighted by Crippen LogP contribution is 2.26. The van der Waals surface area contributed by atoms with Crippen molar-refractivity contribution >= 4 is 39.6 Å². The second-order valence-corrected chi connectivity index (χ2v) is 6.77. The van der Waals surface area contributed by atoms with Gasteiger partial charge in [-0.15, -0.1) is 0 Å². The van der Waals surface area contributed by atoms with E-state index < -0.39 is 35.7 Å². The fourth-order valence-electron chi connectivity index (χ4n) is 2.79. The van der Waals surface area contributed by atoms with Crippen molar-refractivity contribution in [3.63, 3.8) is 0 Å². The van der Waals surface area contributed by atoms with Crippen molar-refractivity contribution in [1.82, 2.24) is 10.2 Å². The smallest absolute Gasteiger partial charge is 0.262 e. The number of benzene rings is 1. The van der Waals surface area contributed by atoms with Crippen LogP contribution in [0.3, 0.4) is 0 Å².